The highest BCUT2D eigenvalue weighted by molar-refractivity contribution is 7.99. The molecule has 0 heterocycles. The Morgan fingerprint density at radius 2 is 1.86 bits per heavy atom. The molecule has 1 rings (SSSR count). The number of nitrogens with one attached hydrogen (secondary N) is 1. The van der Waals surface area contributed by atoms with Crippen molar-refractivity contribution in [2.45, 2.75) is 57.1 Å². The number of thioether (sulfide) groups is 1. The average Bonchev–Trinajstić information content (AvgIpc) is 2.46. The predicted octanol–water partition coefficient (Wildman–Crippen LogP) is 3.30. The third kappa shape index (κ3) is 5.35. The van der Waals surface area contributed by atoms with Crippen molar-refractivity contribution in [3.05, 3.63) is 35.9 Å². The highest BCUT2D eigenvalue weighted by atomic mass is 32.2. The Morgan fingerprint density at radius 3 is 2.33 bits per heavy atom. The molecule has 116 valence electrons. The number of aliphatic hydroxyl groups is 1. The van der Waals surface area contributed by atoms with E-state index in [4.69, 9.17) is 0 Å². The van der Waals surface area contributed by atoms with E-state index in [9.17, 15) is 10.4 Å². The predicted molar refractivity (Wildman–Crippen MR) is 90.2 cm³/mol. The molecule has 3 atom stereocenters. The molecule has 4 heteroatoms. The zero-order valence-electron chi connectivity index (χ0n) is 13.3. The van der Waals surface area contributed by atoms with E-state index >= 15 is 0 Å². The molecule has 0 radical (unpaired) electrons. The van der Waals surface area contributed by atoms with E-state index < -0.39 is 5.54 Å². The molecular weight excluding hydrogens is 280 g/mol. The zero-order valence-corrected chi connectivity index (χ0v) is 14.2. The molecule has 0 bridgehead atoms. The lowest BCUT2D eigenvalue weighted by Gasteiger charge is -2.31. The number of benzene rings is 1. The number of nitrogens with zero attached hydrogens (tertiary/aromatic N) is 1. The van der Waals surface area contributed by atoms with Gasteiger partial charge in [-0.25, -0.2) is 0 Å². The first-order valence-electron chi connectivity index (χ1n) is 7.45. The first-order chi connectivity index (χ1) is 9.91. The third-order valence-electron chi connectivity index (χ3n) is 3.53. The molecule has 0 fully saturated rings. The van der Waals surface area contributed by atoms with Crippen molar-refractivity contribution in [1.29, 1.82) is 5.26 Å². The molecule has 1 aromatic carbocycles. The van der Waals surface area contributed by atoms with Crippen molar-refractivity contribution in [3.63, 3.8) is 0 Å². The van der Waals surface area contributed by atoms with Gasteiger partial charge in [0.2, 0.25) is 0 Å². The SMILES string of the molecule is CC(C)NC(C#N)(CCSC(C)C(C)O)c1ccccc1. The van der Waals surface area contributed by atoms with Gasteiger partial charge in [0.25, 0.3) is 0 Å². The fourth-order valence-electron chi connectivity index (χ4n) is 2.21. The lowest BCUT2D eigenvalue weighted by molar-refractivity contribution is 0.196. The van der Waals surface area contributed by atoms with Crippen molar-refractivity contribution >= 4 is 11.8 Å². The van der Waals surface area contributed by atoms with E-state index in [1.165, 1.54) is 0 Å². The highest BCUT2D eigenvalue weighted by Crippen LogP contribution is 2.28. The van der Waals surface area contributed by atoms with Crippen molar-refractivity contribution in [1.82, 2.24) is 5.32 Å². The summed E-state index contributed by atoms with van der Waals surface area (Å²) in [6, 6.07) is 12.6. The van der Waals surface area contributed by atoms with Crippen LogP contribution in [0.25, 0.3) is 0 Å². The van der Waals surface area contributed by atoms with Gasteiger partial charge < -0.3 is 5.11 Å². The number of nitriles is 1. The zero-order chi connectivity index (χ0) is 15.9. The van der Waals surface area contributed by atoms with Gasteiger partial charge in [0, 0.05) is 11.3 Å². The molecule has 21 heavy (non-hydrogen) atoms. The van der Waals surface area contributed by atoms with E-state index in [-0.39, 0.29) is 17.4 Å². The van der Waals surface area contributed by atoms with Crippen LogP contribution < -0.4 is 5.32 Å². The molecule has 3 unspecified atom stereocenters. The average molecular weight is 306 g/mol. The van der Waals surface area contributed by atoms with Crippen LogP contribution in [0.4, 0.5) is 0 Å². The molecule has 0 aliphatic rings. The molecule has 0 aliphatic carbocycles. The number of hydrogen-bond donors (Lipinski definition) is 2. The molecular formula is C17H26N2OS. The van der Waals surface area contributed by atoms with Crippen molar-refractivity contribution in [2.24, 2.45) is 0 Å². The topological polar surface area (TPSA) is 56.0 Å². The van der Waals surface area contributed by atoms with Gasteiger partial charge in [-0.1, -0.05) is 37.3 Å². The Kier molecular flexibility index (Phi) is 7.24. The van der Waals surface area contributed by atoms with Crippen LogP contribution in [0.2, 0.25) is 0 Å². The summed E-state index contributed by atoms with van der Waals surface area (Å²) in [5, 5.41) is 23.0. The summed E-state index contributed by atoms with van der Waals surface area (Å²) in [5.74, 6) is 0.828. The van der Waals surface area contributed by atoms with E-state index in [0.717, 1.165) is 11.3 Å². The summed E-state index contributed by atoms with van der Waals surface area (Å²) in [6.45, 7) is 7.93. The Labute approximate surface area is 132 Å². The molecule has 3 nitrogen and oxygen atoms in total. The molecule has 0 amide bonds. The summed E-state index contributed by atoms with van der Waals surface area (Å²) < 4.78 is 0. The molecule has 0 saturated carbocycles. The smallest absolute Gasteiger partial charge is 0.133 e. The Morgan fingerprint density at radius 1 is 1.24 bits per heavy atom. The Hall–Kier alpha value is -1.02. The molecule has 0 aromatic heterocycles. The van der Waals surface area contributed by atoms with Gasteiger partial charge >= 0.3 is 0 Å². The standard InChI is InChI=1S/C17H26N2OS/c1-13(2)19-17(12-18,16-8-6-5-7-9-16)10-11-21-15(4)14(3)20/h5-9,13-15,19-20H,10-11H2,1-4H3. The normalized spacial score (nSPS) is 17.0. The van der Waals surface area contributed by atoms with Gasteiger partial charge in [-0.3, -0.25) is 5.32 Å². The first kappa shape index (κ1) is 18.0. The summed E-state index contributed by atoms with van der Waals surface area (Å²) in [4.78, 5) is 0. The molecule has 2 N–H and O–H groups in total. The first-order valence-corrected chi connectivity index (χ1v) is 8.50. The number of aliphatic hydroxyl groups excluding tert-OH is 1. The lowest BCUT2D eigenvalue weighted by atomic mass is 9.88. The van der Waals surface area contributed by atoms with Crippen LogP contribution in [-0.2, 0) is 5.54 Å². The van der Waals surface area contributed by atoms with Gasteiger partial charge in [-0.2, -0.15) is 17.0 Å². The van der Waals surface area contributed by atoms with Crippen molar-refractivity contribution in [3.8, 4) is 6.07 Å². The maximum Gasteiger partial charge on any atom is 0.133 e. The van der Waals surface area contributed by atoms with Gasteiger partial charge in [-0.05, 0) is 38.5 Å². The second-order valence-corrected chi connectivity index (χ2v) is 7.23. The number of rotatable bonds is 8. The quantitative estimate of drug-likeness (QED) is 0.774. The molecule has 0 aliphatic heterocycles. The maximum atomic E-state index is 9.78. The van der Waals surface area contributed by atoms with Crippen LogP contribution in [-0.4, -0.2) is 28.3 Å². The van der Waals surface area contributed by atoms with Crippen molar-refractivity contribution < 1.29 is 5.11 Å². The van der Waals surface area contributed by atoms with E-state index in [1.54, 1.807) is 18.7 Å². The lowest BCUT2D eigenvalue weighted by Crippen LogP contribution is -2.45. The highest BCUT2D eigenvalue weighted by Gasteiger charge is 2.32. The van der Waals surface area contributed by atoms with Crippen LogP contribution in [0.3, 0.4) is 0 Å². The Bertz CT molecular complexity index is 456. The van der Waals surface area contributed by atoms with Crippen LogP contribution in [0, 0.1) is 11.3 Å². The molecule has 0 spiro atoms. The van der Waals surface area contributed by atoms with Crippen LogP contribution in [0.15, 0.2) is 30.3 Å². The van der Waals surface area contributed by atoms with Crippen LogP contribution in [0.5, 0.6) is 0 Å². The van der Waals surface area contributed by atoms with Crippen LogP contribution in [0.1, 0.15) is 39.7 Å². The summed E-state index contributed by atoms with van der Waals surface area (Å²) in [7, 11) is 0. The fraction of sp³-hybridized carbons (Fsp3) is 0.588. The fourth-order valence-corrected chi connectivity index (χ4v) is 3.28. The van der Waals surface area contributed by atoms with E-state index in [0.29, 0.717) is 6.42 Å². The minimum atomic E-state index is -0.666. The van der Waals surface area contributed by atoms with Gasteiger partial charge in [0.05, 0.1) is 12.2 Å². The van der Waals surface area contributed by atoms with Crippen LogP contribution >= 0.6 is 11.8 Å². The minimum Gasteiger partial charge on any atom is -0.392 e. The van der Waals surface area contributed by atoms with E-state index in [1.807, 2.05) is 37.3 Å². The monoisotopic (exact) mass is 306 g/mol. The molecule has 0 saturated heterocycles. The largest absolute Gasteiger partial charge is 0.392 e. The van der Waals surface area contributed by atoms with Gasteiger partial charge in [0.15, 0.2) is 0 Å². The molecule has 1 aromatic rings. The second-order valence-electron chi connectivity index (χ2n) is 5.75. The minimum absolute atomic E-state index is 0.177. The summed E-state index contributed by atoms with van der Waals surface area (Å²) in [5.41, 5.74) is 0.340. The maximum absolute atomic E-state index is 9.78. The summed E-state index contributed by atoms with van der Waals surface area (Å²) in [6.07, 6.45) is 0.384. The number of hydrogen-bond acceptors (Lipinski definition) is 4. The third-order valence-corrected chi connectivity index (χ3v) is 4.89. The second kappa shape index (κ2) is 8.43. The summed E-state index contributed by atoms with van der Waals surface area (Å²) >= 11 is 1.71. The van der Waals surface area contributed by atoms with Crippen molar-refractivity contribution in [2.75, 3.05) is 5.75 Å². The van der Waals surface area contributed by atoms with Gasteiger partial charge in [-0.15, -0.1) is 0 Å². The van der Waals surface area contributed by atoms with Gasteiger partial charge in [0.1, 0.15) is 5.54 Å². The van der Waals surface area contributed by atoms with E-state index in [2.05, 4.69) is 25.2 Å². The Balaban J connectivity index is 2.85.